The Labute approximate surface area is 132 Å². The molecule has 0 bridgehead atoms. The molecular weight excluding hydrogens is 282 g/mol. The lowest BCUT2D eigenvalue weighted by Gasteiger charge is -2.60. The van der Waals surface area contributed by atoms with Crippen molar-refractivity contribution in [1.29, 1.82) is 0 Å². The number of carbonyl (C=O) groups is 1. The molecule has 1 aromatic rings. The first-order valence-corrected chi connectivity index (χ1v) is 8.39. The Hall–Kier alpha value is -0.860. The topological polar surface area (TPSA) is 17.1 Å². The second-order valence-electron chi connectivity index (χ2n) is 7.31. The number of hydrogen-bond donors (Lipinski definition) is 0. The van der Waals surface area contributed by atoms with Crippen molar-refractivity contribution in [2.24, 2.45) is 5.41 Å². The van der Waals surface area contributed by atoms with Crippen molar-refractivity contribution < 1.29 is 9.28 Å². The fourth-order valence-electron chi connectivity index (χ4n) is 4.72. The molecule has 0 radical (unpaired) electrons. The summed E-state index contributed by atoms with van der Waals surface area (Å²) in [4.78, 5) is 13.1. The minimum Gasteiger partial charge on any atom is -0.253 e. The van der Waals surface area contributed by atoms with Crippen LogP contribution in [0, 0.1) is 12.3 Å². The number of nitrogens with zero attached hydrogens (tertiary/aromatic N) is 1. The van der Waals surface area contributed by atoms with E-state index in [4.69, 9.17) is 11.6 Å². The van der Waals surface area contributed by atoms with E-state index in [-0.39, 0.29) is 5.41 Å². The number of aryl methyl sites for hydroxylation is 1. The van der Waals surface area contributed by atoms with E-state index in [1.54, 1.807) is 0 Å². The Balaban J connectivity index is 2.13. The highest BCUT2D eigenvalue weighted by Gasteiger charge is 2.73. The monoisotopic (exact) mass is 306 g/mol. The number of halogens is 1. The molecule has 2 fully saturated rings. The van der Waals surface area contributed by atoms with E-state index in [9.17, 15) is 4.79 Å². The van der Waals surface area contributed by atoms with Gasteiger partial charge in [-0.25, -0.2) is 4.79 Å². The SMILES string of the molecule is Cc1cc(Cl)ccc1C1C2(CCCC2)C(=O)[N+]1(C)C(C)C. The van der Waals surface area contributed by atoms with E-state index in [2.05, 4.69) is 33.9 Å². The number of β-lactam (4-membered cyclic amide) rings is 1. The zero-order valence-electron chi connectivity index (χ0n) is 13.4. The van der Waals surface area contributed by atoms with Gasteiger partial charge >= 0.3 is 5.91 Å². The van der Waals surface area contributed by atoms with Crippen LogP contribution in [0.5, 0.6) is 0 Å². The van der Waals surface area contributed by atoms with Gasteiger partial charge in [0.05, 0.1) is 13.1 Å². The molecule has 0 aromatic heterocycles. The van der Waals surface area contributed by atoms with Crippen LogP contribution in [0.3, 0.4) is 0 Å². The minimum absolute atomic E-state index is 0.113. The molecule has 21 heavy (non-hydrogen) atoms. The van der Waals surface area contributed by atoms with E-state index < -0.39 is 0 Å². The van der Waals surface area contributed by atoms with Gasteiger partial charge in [0.2, 0.25) is 0 Å². The zero-order chi connectivity index (χ0) is 15.4. The molecule has 2 aliphatic rings. The predicted octanol–water partition coefficient (Wildman–Crippen LogP) is 4.65. The highest BCUT2D eigenvalue weighted by atomic mass is 35.5. The molecule has 1 aliphatic heterocycles. The van der Waals surface area contributed by atoms with Gasteiger partial charge < -0.3 is 0 Å². The second-order valence-corrected chi connectivity index (χ2v) is 7.75. The molecule has 1 saturated heterocycles. The molecule has 3 heteroatoms. The summed E-state index contributed by atoms with van der Waals surface area (Å²) in [6.07, 6.45) is 4.48. The Kier molecular flexibility index (Phi) is 3.46. The summed E-state index contributed by atoms with van der Waals surface area (Å²) in [6.45, 7) is 6.45. The van der Waals surface area contributed by atoms with E-state index in [0.29, 0.717) is 22.5 Å². The lowest BCUT2D eigenvalue weighted by Crippen LogP contribution is -2.75. The number of amides is 1. The minimum atomic E-state index is -0.113. The molecule has 1 aromatic carbocycles. The summed E-state index contributed by atoms with van der Waals surface area (Å²) in [7, 11) is 2.12. The highest BCUT2D eigenvalue weighted by molar-refractivity contribution is 6.30. The van der Waals surface area contributed by atoms with Crippen LogP contribution in [0.1, 0.15) is 56.7 Å². The van der Waals surface area contributed by atoms with Crippen LogP contribution in [0.4, 0.5) is 0 Å². The predicted molar refractivity (Wildman–Crippen MR) is 86.2 cm³/mol. The van der Waals surface area contributed by atoms with Crippen molar-refractivity contribution in [3.8, 4) is 0 Å². The van der Waals surface area contributed by atoms with Crippen LogP contribution in [0.2, 0.25) is 5.02 Å². The van der Waals surface area contributed by atoms with Gasteiger partial charge in [-0.2, -0.15) is 0 Å². The second kappa shape index (κ2) is 4.82. The Morgan fingerprint density at radius 2 is 1.90 bits per heavy atom. The van der Waals surface area contributed by atoms with Gasteiger partial charge in [0.1, 0.15) is 11.5 Å². The van der Waals surface area contributed by atoms with Gasteiger partial charge in [0.25, 0.3) is 0 Å². The van der Waals surface area contributed by atoms with Crippen LogP contribution < -0.4 is 0 Å². The summed E-state index contributed by atoms with van der Waals surface area (Å²) in [5.74, 6) is 0.453. The number of rotatable bonds is 2. The molecule has 1 amide bonds. The zero-order valence-corrected chi connectivity index (χ0v) is 14.2. The summed E-state index contributed by atoms with van der Waals surface area (Å²) in [5.41, 5.74) is 2.42. The van der Waals surface area contributed by atoms with Crippen molar-refractivity contribution in [2.45, 2.75) is 58.5 Å². The van der Waals surface area contributed by atoms with Crippen LogP contribution >= 0.6 is 11.6 Å². The molecule has 1 aliphatic carbocycles. The molecule has 2 atom stereocenters. The first kappa shape index (κ1) is 15.1. The van der Waals surface area contributed by atoms with Crippen LogP contribution in [-0.2, 0) is 4.79 Å². The first-order valence-electron chi connectivity index (χ1n) is 8.01. The molecule has 3 rings (SSSR count). The van der Waals surface area contributed by atoms with Crippen LogP contribution in [0.25, 0.3) is 0 Å². The molecule has 1 saturated carbocycles. The van der Waals surface area contributed by atoms with Crippen molar-refractivity contribution in [3.63, 3.8) is 0 Å². The number of benzene rings is 1. The molecular formula is C18H25ClNO+. The van der Waals surface area contributed by atoms with E-state index >= 15 is 0 Å². The summed E-state index contributed by atoms with van der Waals surface area (Å²) in [6, 6.07) is 6.76. The molecule has 1 heterocycles. The normalized spacial score (nSPS) is 31.0. The lowest BCUT2D eigenvalue weighted by molar-refractivity contribution is -0.932. The average molecular weight is 307 g/mol. The maximum Gasteiger partial charge on any atom is 0.326 e. The fourth-order valence-corrected chi connectivity index (χ4v) is 4.95. The van der Waals surface area contributed by atoms with Gasteiger partial charge in [-0.1, -0.05) is 30.5 Å². The summed E-state index contributed by atoms with van der Waals surface area (Å²) in [5, 5.41) is 0.779. The maximum atomic E-state index is 13.1. The van der Waals surface area contributed by atoms with Gasteiger partial charge in [-0.05, 0) is 51.3 Å². The Bertz CT molecular complexity index is 581. The highest BCUT2D eigenvalue weighted by Crippen LogP contribution is 2.63. The van der Waals surface area contributed by atoms with E-state index in [1.165, 1.54) is 24.0 Å². The molecule has 2 nitrogen and oxygen atoms in total. The van der Waals surface area contributed by atoms with Gasteiger partial charge in [-0.3, -0.25) is 4.48 Å². The van der Waals surface area contributed by atoms with Crippen molar-refractivity contribution >= 4 is 17.5 Å². The van der Waals surface area contributed by atoms with Crippen LogP contribution in [0.15, 0.2) is 18.2 Å². The van der Waals surface area contributed by atoms with Crippen LogP contribution in [-0.4, -0.2) is 23.5 Å². The first-order chi connectivity index (χ1) is 9.84. The molecule has 114 valence electrons. The van der Waals surface area contributed by atoms with E-state index in [0.717, 1.165) is 17.9 Å². The summed E-state index contributed by atoms with van der Waals surface area (Å²) >= 11 is 6.12. The van der Waals surface area contributed by atoms with Crippen molar-refractivity contribution in [3.05, 3.63) is 34.3 Å². The number of quaternary nitrogens is 1. The average Bonchev–Trinajstić information content (AvgIpc) is 2.92. The quantitative estimate of drug-likeness (QED) is 0.574. The lowest BCUT2D eigenvalue weighted by atomic mass is 9.63. The fraction of sp³-hybridized carbons (Fsp3) is 0.611. The maximum absolute atomic E-state index is 13.1. The number of hydrogen-bond acceptors (Lipinski definition) is 1. The smallest absolute Gasteiger partial charge is 0.253 e. The van der Waals surface area contributed by atoms with Gasteiger partial charge in [0, 0.05) is 10.6 Å². The molecule has 0 N–H and O–H groups in total. The van der Waals surface area contributed by atoms with E-state index in [1.807, 2.05) is 12.1 Å². The third kappa shape index (κ3) is 1.85. The Morgan fingerprint density at radius 1 is 1.29 bits per heavy atom. The number of likely N-dealkylation sites (tertiary alicyclic amines) is 1. The third-order valence-corrected chi connectivity index (χ3v) is 6.25. The standard InChI is InChI=1S/C18H25ClNO/c1-12(2)20(4)16(15-8-7-14(19)11-13(15)3)18(17(20)21)9-5-6-10-18/h7-8,11-12,16H,5-6,9-10H2,1-4H3/q+1. The van der Waals surface area contributed by atoms with Crippen molar-refractivity contribution in [1.82, 2.24) is 0 Å². The van der Waals surface area contributed by atoms with Crippen molar-refractivity contribution in [2.75, 3.05) is 7.05 Å². The molecule has 2 unspecified atom stereocenters. The number of carbonyl (C=O) groups excluding carboxylic acids is 1. The largest absolute Gasteiger partial charge is 0.326 e. The van der Waals surface area contributed by atoms with Gasteiger partial charge in [0.15, 0.2) is 0 Å². The summed E-state index contributed by atoms with van der Waals surface area (Å²) < 4.78 is 0.544. The van der Waals surface area contributed by atoms with Gasteiger partial charge in [-0.15, -0.1) is 0 Å². The Morgan fingerprint density at radius 3 is 2.43 bits per heavy atom. The molecule has 1 spiro atoms. The third-order valence-electron chi connectivity index (χ3n) is 6.02.